The maximum atomic E-state index is 13.2. The fourth-order valence-corrected chi connectivity index (χ4v) is 4.39. The quantitative estimate of drug-likeness (QED) is 0.603. The topological polar surface area (TPSA) is 66.5 Å². The summed E-state index contributed by atoms with van der Waals surface area (Å²) in [6.07, 6.45) is 0. The van der Waals surface area contributed by atoms with Crippen molar-refractivity contribution < 1.29 is 13.2 Å². The highest BCUT2D eigenvalue weighted by Gasteiger charge is 2.27. The van der Waals surface area contributed by atoms with E-state index in [-0.39, 0.29) is 18.0 Å². The number of nitrogens with zero attached hydrogens (tertiary/aromatic N) is 1. The summed E-state index contributed by atoms with van der Waals surface area (Å²) in [4.78, 5) is 12.7. The van der Waals surface area contributed by atoms with Crippen molar-refractivity contribution in [2.45, 2.75) is 18.4 Å². The summed E-state index contributed by atoms with van der Waals surface area (Å²) in [5, 5.41) is 3.18. The first-order chi connectivity index (χ1) is 13.8. The molecule has 7 heteroatoms. The number of anilines is 1. The minimum atomic E-state index is -3.90. The van der Waals surface area contributed by atoms with Crippen molar-refractivity contribution in [1.29, 1.82) is 0 Å². The molecule has 0 aromatic heterocycles. The van der Waals surface area contributed by atoms with Gasteiger partial charge in [0.05, 0.1) is 11.4 Å². The Morgan fingerprint density at radius 2 is 1.66 bits per heavy atom. The molecule has 0 unspecified atom stereocenters. The Bertz CT molecular complexity index is 1080. The number of hydrogen-bond donors (Lipinski definition) is 1. The van der Waals surface area contributed by atoms with Crippen molar-refractivity contribution in [3.05, 3.63) is 95.0 Å². The maximum absolute atomic E-state index is 13.2. The van der Waals surface area contributed by atoms with E-state index in [0.717, 1.165) is 11.1 Å². The molecule has 3 aromatic carbocycles. The molecule has 0 aliphatic heterocycles. The van der Waals surface area contributed by atoms with Gasteiger partial charge in [0.25, 0.3) is 0 Å². The highest BCUT2D eigenvalue weighted by molar-refractivity contribution is 7.89. The van der Waals surface area contributed by atoms with Crippen LogP contribution in [0.1, 0.15) is 11.1 Å². The number of hydrogen-bond acceptors (Lipinski definition) is 3. The van der Waals surface area contributed by atoms with Gasteiger partial charge in [-0.05, 0) is 48.9 Å². The number of halogens is 1. The van der Waals surface area contributed by atoms with Crippen LogP contribution < -0.4 is 5.32 Å². The molecular formula is C22H21ClN2O3S. The van der Waals surface area contributed by atoms with E-state index < -0.39 is 15.9 Å². The third-order valence-electron chi connectivity index (χ3n) is 4.27. The van der Waals surface area contributed by atoms with Gasteiger partial charge in [0.1, 0.15) is 0 Å². The normalized spacial score (nSPS) is 11.4. The summed E-state index contributed by atoms with van der Waals surface area (Å²) in [6, 6.07) is 22.4. The third-order valence-corrected chi connectivity index (χ3v) is 6.33. The summed E-state index contributed by atoms with van der Waals surface area (Å²) in [7, 11) is -3.90. The van der Waals surface area contributed by atoms with E-state index in [1.165, 1.54) is 28.6 Å². The second-order valence-corrected chi connectivity index (χ2v) is 9.00. The molecule has 29 heavy (non-hydrogen) atoms. The minimum absolute atomic E-state index is 0.0782. The number of rotatable bonds is 7. The van der Waals surface area contributed by atoms with E-state index in [2.05, 4.69) is 5.32 Å². The van der Waals surface area contributed by atoms with Gasteiger partial charge in [-0.1, -0.05) is 59.6 Å². The van der Waals surface area contributed by atoms with Crippen molar-refractivity contribution in [1.82, 2.24) is 4.31 Å². The van der Waals surface area contributed by atoms with Crippen molar-refractivity contribution in [3.8, 4) is 0 Å². The van der Waals surface area contributed by atoms with E-state index in [1.54, 1.807) is 24.3 Å². The lowest BCUT2D eigenvalue weighted by atomic mass is 10.1. The Balaban J connectivity index is 1.88. The van der Waals surface area contributed by atoms with Crippen LogP contribution in [0.15, 0.2) is 83.8 Å². The zero-order chi connectivity index (χ0) is 20.9. The summed E-state index contributed by atoms with van der Waals surface area (Å²) >= 11 is 5.89. The predicted octanol–water partition coefficient (Wildman–Crippen LogP) is 4.48. The summed E-state index contributed by atoms with van der Waals surface area (Å²) in [5.41, 5.74) is 2.42. The lowest BCUT2D eigenvalue weighted by Crippen LogP contribution is -2.37. The fraction of sp³-hybridized carbons (Fsp3) is 0.136. The number of benzene rings is 3. The summed E-state index contributed by atoms with van der Waals surface area (Å²) in [5.74, 6) is -0.415. The summed E-state index contributed by atoms with van der Waals surface area (Å²) < 4.78 is 27.6. The van der Waals surface area contributed by atoms with Gasteiger partial charge < -0.3 is 5.32 Å². The first kappa shape index (κ1) is 21.0. The number of amides is 1. The molecule has 1 amide bonds. The number of nitrogens with one attached hydrogen (secondary N) is 1. The molecule has 0 aliphatic carbocycles. The molecule has 0 fully saturated rings. The van der Waals surface area contributed by atoms with Crippen LogP contribution in [0.5, 0.6) is 0 Å². The molecule has 3 rings (SSSR count). The van der Waals surface area contributed by atoms with Crippen LogP contribution in [-0.4, -0.2) is 25.2 Å². The lowest BCUT2D eigenvalue weighted by molar-refractivity contribution is -0.116. The first-order valence-corrected chi connectivity index (χ1v) is 10.8. The first-order valence-electron chi connectivity index (χ1n) is 9.01. The summed E-state index contributed by atoms with van der Waals surface area (Å²) in [6.45, 7) is 1.70. The molecule has 5 nitrogen and oxygen atoms in total. The Kier molecular flexibility index (Phi) is 6.69. The highest BCUT2D eigenvalue weighted by atomic mass is 35.5. The Labute approximate surface area is 176 Å². The van der Waals surface area contributed by atoms with Crippen LogP contribution in [0, 0.1) is 6.92 Å². The van der Waals surface area contributed by atoms with E-state index in [9.17, 15) is 13.2 Å². The molecule has 3 aromatic rings. The van der Waals surface area contributed by atoms with Crippen LogP contribution in [0.2, 0.25) is 5.02 Å². The average molecular weight is 429 g/mol. The van der Waals surface area contributed by atoms with Crippen LogP contribution in [-0.2, 0) is 21.4 Å². The van der Waals surface area contributed by atoms with Crippen LogP contribution in [0.3, 0.4) is 0 Å². The van der Waals surface area contributed by atoms with Gasteiger partial charge in [0, 0.05) is 17.3 Å². The molecule has 1 N–H and O–H groups in total. The third kappa shape index (κ3) is 5.67. The number of aryl methyl sites for hydroxylation is 1. The van der Waals surface area contributed by atoms with E-state index in [1.807, 2.05) is 37.3 Å². The van der Waals surface area contributed by atoms with Gasteiger partial charge in [-0.2, -0.15) is 4.31 Å². The van der Waals surface area contributed by atoms with E-state index >= 15 is 0 Å². The van der Waals surface area contributed by atoms with Crippen LogP contribution >= 0.6 is 11.6 Å². The average Bonchev–Trinajstić information content (AvgIpc) is 2.68. The number of sulfonamides is 1. The van der Waals surface area contributed by atoms with Crippen LogP contribution in [0.4, 0.5) is 5.69 Å². The van der Waals surface area contributed by atoms with Crippen molar-refractivity contribution in [2.24, 2.45) is 0 Å². The van der Waals surface area contributed by atoms with Gasteiger partial charge in [0.15, 0.2) is 0 Å². The Morgan fingerprint density at radius 3 is 2.31 bits per heavy atom. The molecule has 0 spiro atoms. The standard InChI is InChI=1S/C22H21ClN2O3S/c1-17-6-5-7-18(14-17)15-25(16-22(26)24-20-8-3-2-4-9-20)29(27,28)21-12-10-19(23)11-13-21/h2-14H,15-16H2,1H3,(H,24,26). The second kappa shape index (κ2) is 9.22. The second-order valence-electron chi connectivity index (χ2n) is 6.63. The van der Waals surface area contributed by atoms with Gasteiger partial charge in [-0.3, -0.25) is 4.79 Å². The largest absolute Gasteiger partial charge is 0.325 e. The number of carbonyl (C=O) groups is 1. The smallest absolute Gasteiger partial charge is 0.243 e. The highest BCUT2D eigenvalue weighted by Crippen LogP contribution is 2.21. The van der Waals surface area contributed by atoms with Gasteiger partial charge in [0.2, 0.25) is 15.9 Å². The van der Waals surface area contributed by atoms with Crippen molar-refractivity contribution in [3.63, 3.8) is 0 Å². The molecule has 0 bridgehead atoms. The number of para-hydroxylation sites is 1. The molecule has 150 valence electrons. The van der Waals surface area contributed by atoms with Gasteiger partial charge >= 0.3 is 0 Å². The van der Waals surface area contributed by atoms with Crippen LogP contribution in [0.25, 0.3) is 0 Å². The monoisotopic (exact) mass is 428 g/mol. The number of carbonyl (C=O) groups excluding carboxylic acids is 1. The Morgan fingerprint density at radius 1 is 0.966 bits per heavy atom. The Hall–Kier alpha value is -2.67. The fourth-order valence-electron chi connectivity index (χ4n) is 2.88. The zero-order valence-electron chi connectivity index (χ0n) is 15.9. The van der Waals surface area contributed by atoms with E-state index in [4.69, 9.17) is 11.6 Å². The molecule has 0 saturated carbocycles. The molecule has 0 aliphatic rings. The zero-order valence-corrected chi connectivity index (χ0v) is 17.5. The molecule has 0 atom stereocenters. The predicted molar refractivity (Wildman–Crippen MR) is 115 cm³/mol. The van der Waals surface area contributed by atoms with Crippen molar-refractivity contribution >= 4 is 33.2 Å². The van der Waals surface area contributed by atoms with Gasteiger partial charge in [-0.25, -0.2) is 8.42 Å². The molecule has 0 radical (unpaired) electrons. The molecule has 0 saturated heterocycles. The van der Waals surface area contributed by atoms with Gasteiger partial charge in [-0.15, -0.1) is 0 Å². The van der Waals surface area contributed by atoms with Crippen molar-refractivity contribution in [2.75, 3.05) is 11.9 Å². The lowest BCUT2D eigenvalue weighted by Gasteiger charge is -2.22. The SMILES string of the molecule is Cc1cccc(CN(CC(=O)Nc2ccccc2)S(=O)(=O)c2ccc(Cl)cc2)c1. The molecular weight excluding hydrogens is 408 g/mol. The van der Waals surface area contributed by atoms with E-state index in [0.29, 0.717) is 10.7 Å². The molecule has 0 heterocycles. The minimum Gasteiger partial charge on any atom is -0.325 e. The maximum Gasteiger partial charge on any atom is 0.243 e.